The van der Waals surface area contributed by atoms with Gasteiger partial charge in [-0.3, -0.25) is 9.79 Å². The molecule has 11 heteroatoms. The number of carbonyl (C=O) groups excluding carboxylic acids is 1. The van der Waals surface area contributed by atoms with Crippen LogP contribution in [0.25, 0.3) is 0 Å². The lowest BCUT2D eigenvalue weighted by atomic mass is 9.83. The highest BCUT2D eigenvalue weighted by Gasteiger charge is 2.44. The molecule has 1 heterocycles. The number of carbonyl (C=O) groups is 1. The van der Waals surface area contributed by atoms with Crippen LogP contribution in [0.2, 0.25) is 5.02 Å². The maximum atomic E-state index is 13.8. The molecule has 2 aliphatic carbocycles. The van der Waals surface area contributed by atoms with E-state index >= 15 is 0 Å². The molecule has 0 bridgehead atoms. The topological polar surface area (TPSA) is 122 Å². The number of rotatable bonds is 10. The van der Waals surface area contributed by atoms with Crippen LogP contribution in [0.1, 0.15) is 51.5 Å². The number of aromatic nitrogens is 1. The second-order valence-electron chi connectivity index (χ2n) is 9.93. The summed E-state index contributed by atoms with van der Waals surface area (Å²) in [4.78, 5) is 20.7. The SMILES string of the molecule is CCOC(=O)CN=C1CCCC(N(C)S(=O)(=O)c2cnc(Oc3ccc(Cl)cc3)c(C3(C)CC3)c2)C1C=N. The third-order valence-electron chi connectivity index (χ3n) is 7.28. The molecular weight excluding hydrogens is 528 g/mol. The fourth-order valence-corrected chi connectivity index (χ4v) is 6.24. The maximum absolute atomic E-state index is 13.8. The predicted octanol–water partition coefficient (Wildman–Crippen LogP) is 5.02. The summed E-state index contributed by atoms with van der Waals surface area (Å²) < 4.78 is 39.9. The van der Waals surface area contributed by atoms with E-state index in [0.717, 1.165) is 18.4 Å². The van der Waals surface area contributed by atoms with Crippen molar-refractivity contribution in [2.75, 3.05) is 20.2 Å². The molecule has 2 aromatic rings. The predicted molar refractivity (Wildman–Crippen MR) is 146 cm³/mol. The molecule has 0 radical (unpaired) electrons. The third-order valence-corrected chi connectivity index (χ3v) is 9.38. The number of nitrogens with zero attached hydrogens (tertiary/aromatic N) is 3. The standard InChI is InChI=1S/C27H33ClN4O5S/c1-4-36-25(33)17-30-23-6-5-7-24(21(23)15-29)32(3)38(34,35)20-14-22(27(2)12-13-27)26(31-16-20)37-19-10-8-18(28)9-11-19/h8-11,14-16,21,24,29H,4-7,12-13,17H2,1-3H3. The molecule has 38 heavy (non-hydrogen) atoms. The number of halogens is 1. The highest BCUT2D eigenvalue weighted by atomic mass is 35.5. The Hall–Kier alpha value is -2.82. The van der Waals surface area contributed by atoms with Crippen LogP contribution in [0.15, 0.2) is 46.4 Å². The monoisotopic (exact) mass is 560 g/mol. The van der Waals surface area contributed by atoms with Crippen LogP contribution in [0.5, 0.6) is 11.6 Å². The van der Waals surface area contributed by atoms with E-state index in [1.165, 1.54) is 23.8 Å². The normalized spacial score (nSPS) is 21.8. The fourth-order valence-electron chi connectivity index (χ4n) is 4.74. The molecule has 9 nitrogen and oxygen atoms in total. The zero-order valence-corrected chi connectivity index (χ0v) is 23.4. The summed E-state index contributed by atoms with van der Waals surface area (Å²) in [5, 5.41) is 8.61. The number of ether oxygens (including phenoxy) is 2. The Balaban J connectivity index is 1.61. The van der Waals surface area contributed by atoms with Gasteiger partial charge >= 0.3 is 5.97 Å². The molecule has 0 saturated heterocycles. The zero-order chi connectivity index (χ0) is 27.5. The smallest absolute Gasteiger partial charge is 0.327 e. The first kappa shape index (κ1) is 28.2. The fraction of sp³-hybridized carbons (Fsp3) is 0.481. The molecule has 2 saturated carbocycles. The molecular formula is C27H33ClN4O5S. The second kappa shape index (κ2) is 11.5. The van der Waals surface area contributed by atoms with Gasteiger partial charge in [-0.25, -0.2) is 13.4 Å². The van der Waals surface area contributed by atoms with Gasteiger partial charge in [-0.05, 0) is 74.8 Å². The quantitative estimate of drug-likeness (QED) is 0.321. The van der Waals surface area contributed by atoms with Crippen molar-refractivity contribution in [2.45, 2.75) is 62.3 Å². The second-order valence-corrected chi connectivity index (χ2v) is 12.4. The van der Waals surface area contributed by atoms with Crippen molar-refractivity contribution in [3.05, 3.63) is 47.1 Å². The Labute approximate surface area is 228 Å². The van der Waals surface area contributed by atoms with Crippen molar-refractivity contribution < 1.29 is 22.7 Å². The Morgan fingerprint density at radius 1 is 1.32 bits per heavy atom. The van der Waals surface area contributed by atoms with E-state index < -0.39 is 28.0 Å². The van der Waals surface area contributed by atoms with Crippen molar-refractivity contribution >= 4 is 39.5 Å². The Kier molecular flexibility index (Phi) is 8.54. The van der Waals surface area contributed by atoms with Crippen LogP contribution in [0, 0.1) is 11.3 Å². The minimum atomic E-state index is -3.95. The lowest BCUT2D eigenvalue weighted by Gasteiger charge is -2.36. The molecule has 2 fully saturated rings. The molecule has 2 aliphatic rings. The van der Waals surface area contributed by atoms with Gasteiger partial charge in [0.1, 0.15) is 17.2 Å². The van der Waals surface area contributed by atoms with Gasteiger partial charge < -0.3 is 14.9 Å². The number of hydrogen-bond donors (Lipinski definition) is 1. The van der Waals surface area contributed by atoms with E-state index in [-0.39, 0.29) is 23.5 Å². The zero-order valence-electron chi connectivity index (χ0n) is 21.8. The summed E-state index contributed by atoms with van der Waals surface area (Å²) in [5.41, 5.74) is 1.17. The number of sulfonamides is 1. The summed E-state index contributed by atoms with van der Waals surface area (Å²) in [6.07, 6.45) is 6.23. The van der Waals surface area contributed by atoms with Gasteiger partial charge in [0, 0.05) is 41.5 Å². The lowest BCUT2D eigenvalue weighted by Crippen LogP contribution is -2.47. The minimum absolute atomic E-state index is 0.0749. The summed E-state index contributed by atoms with van der Waals surface area (Å²) >= 11 is 5.98. The molecule has 1 aromatic heterocycles. The van der Waals surface area contributed by atoms with Gasteiger partial charge in [0.05, 0.1) is 12.8 Å². The molecule has 1 N–H and O–H groups in total. The number of aliphatic imine (C=N–C) groups is 1. The van der Waals surface area contributed by atoms with E-state index in [9.17, 15) is 13.2 Å². The van der Waals surface area contributed by atoms with Gasteiger partial charge in [-0.1, -0.05) is 18.5 Å². The van der Waals surface area contributed by atoms with Gasteiger partial charge in [-0.15, -0.1) is 0 Å². The van der Waals surface area contributed by atoms with Gasteiger partial charge in [0.25, 0.3) is 0 Å². The number of esters is 1. The third kappa shape index (κ3) is 6.08. The van der Waals surface area contributed by atoms with Crippen LogP contribution in [0.4, 0.5) is 0 Å². The van der Waals surface area contributed by atoms with E-state index in [1.807, 2.05) is 0 Å². The Morgan fingerprint density at radius 3 is 2.66 bits per heavy atom. The molecule has 4 rings (SSSR count). The minimum Gasteiger partial charge on any atom is -0.465 e. The van der Waals surface area contributed by atoms with E-state index in [4.69, 9.17) is 26.5 Å². The van der Waals surface area contributed by atoms with Crippen LogP contribution in [-0.2, 0) is 25.0 Å². The van der Waals surface area contributed by atoms with Gasteiger partial charge in [-0.2, -0.15) is 4.31 Å². The van der Waals surface area contributed by atoms with Crippen LogP contribution in [0.3, 0.4) is 0 Å². The highest BCUT2D eigenvalue weighted by Crippen LogP contribution is 2.51. The molecule has 0 spiro atoms. The first-order valence-electron chi connectivity index (χ1n) is 12.7. The summed E-state index contributed by atoms with van der Waals surface area (Å²) in [5.74, 6) is -0.0399. The molecule has 0 amide bonds. The summed E-state index contributed by atoms with van der Waals surface area (Å²) in [6.45, 7) is 3.91. The molecule has 204 valence electrons. The molecule has 0 aliphatic heterocycles. The largest absolute Gasteiger partial charge is 0.465 e. The van der Waals surface area contributed by atoms with Crippen LogP contribution < -0.4 is 4.74 Å². The number of hydrogen-bond acceptors (Lipinski definition) is 8. The first-order chi connectivity index (χ1) is 18.1. The lowest BCUT2D eigenvalue weighted by molar-refractivity contribution is -0.141. The number of nitrogens with one attached hydrogen (secondary N) is 1. The van der Waals surface area contributed by atoms with Crippen molar-refractivity contribution in [3.63, 3.8) is 0 Å². The highest BCUT2D eigenvalue weighted by molar-refractivity contribution is 7.89. The van der Waals surface area contributed by atoms with Gasteiger partial charge in [0.2, 0.25) is 15.9 Å². The Bertz CT molecular complexity index is 1330. The molecule has 1 aromatic carbocycles. The van der Waals surface area contributed by atoms with Crippen molar-refractivity contribution in [1.29, 1.82) is 5.41 Å². The van der Waals surface area contributed by atoms with Crippen molar-refractivity contribution in [1.82, 2.24) is 9.29 Å². The first-order valence-corrected chi connectivity index (χ1v) is 14.5. The maximum Gasteiger partial charge on any atom is 0.327 e. The Morgan fingerprint density at radius 2 is 2.03 bits per heavy atom. The summed E-state index contributed by atoms with van der Waals surface area (Å²) in [6, 6.07) is 8.08. The molecule has 2 atom stereocenters. The van der Waals surface area contributed by atoms with E-state index in [1.54, 1.807) is 37.3 Å². The van der Waals surface area contributed by atoms with Crippen LogP contribution in [-0.4, -0.2) is 61.8 Å². The number of pyridine rings is 1. The van der Waals surface area contributed by atoms with Crippen molar-refractivity contribution in [2.24, 2.45) is 10.9 Å². The van der Waals surface area contributed by atoms with Gasteiger partial charge in [0.15, 0.2) is 0 Å². The van der Waals surface area contributed by atoms with Crippen LogP contribution >= 0.6 is 11.6 Å². The van der Waals surface area contributed by atoms with E-state index in [0.29, 0.717) is 41.6 Å². The van der Waals surface area contributed by atoms with E-state index in [2.05, 4.69) is 16.9 Å². The summed E-state index contributed by atoms with van der Waals surface area (Å²) in [7, 11) is -2.42. The average Bonchev–Trinajstić information content (AvgIpc) is 3.66. The average molecular weight is 561 g/mol. The number of benzene rings is 1. The van der Waals surface area contributed by atoms with Crippen molar-refractivity contribution in [3.8, 4) is 11.6 Å². The molecule has 2 unspecified atom stereocenters.